The predicted octanol–water partition coefficient (Wildman–Crippen LogP) is -0.533. The molecule has 0 spiro atoms. The van der Waals surface area contributed by atoms with Gasteiger partial charge in [-0.15, -0.1) is 0 Å². The largest absolute Gasteiger partial charge is 0.634 e. The Bertz CT molecular complexity index is 129. The van der Waals surface area contributed by atoms with Gasteiger partial charge in [0.1, 0.15) is 0 Å². The van der Waals surface area contributed by atoms with Crippen molar-refractivity contribution >= 4 is 7.32 Å². The molecule has 1 aliphatic rings. The van der Waals surface area contributed by atoms with Crippen LogP contribution in [0.25, 0.3) is 0 Å². The highest BCUT2D eigenvalue weighted by molar-refractivity contribution is 6.32. The Morgan fingerprint density at radius 1 is 1.22 bits per heavy atom. The van der Waals surface area contributed by atoms with Gasteiger partial charge >= 0.3 is 7.32 Å². The van der Waals surface area contributed by atoms with Crippen molar-refractivity contribution in [1.82, 2.24) is 0 Å². The Morgan fingerprint density at radius 3 is 2.22 bits per heavy atom. The van der Waals surface area contributed by atoms with Crippen LogP contribution in [0.1, 0.15) is 0 Å². The van der Waals surface area contributed by atoms with Crippen LogP contribution in [0.4, 0.5) is 0 Å². The summed E-state index contributed by atoms with van der Waals surface area (Å²) >= 11 is 0. The van der Waals surface area contributed by atoms with E-state index >= 15 is 0 Å². The molecule has 1 rings (SSSR count). The van der Waals surface area contributed by atoms with Crippen LogP contribution in [-0.4, -0.2) is 23.5 Å². The van der Waals surface area contributed by atoms with Gasteiger partial charge in [0.25, 0.3) is 0 Å². The zero-order valence-electron chi connectivity index (χ0n) is 4.77. The highest BCUT2D eigenvalue weighted by Crippen LogP contribution is 2.03. The molecule has 0 radical (unpaired) electrons. The molecule has 1 aliphatic carbocycles. The van der Waals surface area contributed by atoms with Gasteiger partial charge in [-0.3, -0.25) is 0 Å². The van der Waals surface area contributed by atoms with E-state index in [1.165, 1.54) is 0 Å². The number of rotatable bonds is 2. The quantitative estimate of drug-likeness (QED) is 0.488. The molecular formula is C5H7BO3. The summed E-state index contributed by atoms with van der Waals surface area (Å²) in [7, 11) is -1.68. The Hall–Kier alpha value is -0.575. The molecule has 0 saturated heterocycles. The molecule has 2 N–H and O–H groups in total. The second-order valence-electron chi connectivity index (χ2n) is 1.70. The summed E-state index contributed by atoms with van der Waals surface area (Å²) in [5, 5.41) is 16.6. The Kier molecular flexibility index (Phi) is 2.05. The van der Waals surface area contributed by atoms with E-state index in [0.29, 0.717) is 0 Å². The number of hydrogen-bond acceptors (Lipinski definition) is 3. The minimum absolute atomic E-state index is 0.273. The van der Waals surface area contributed by atoms with Crippen LogP contribution >= 0.6 is 0 Å². The van der Waals surface area contributed by atoms with Gasteiger partial charge in [0.05, 0.1) is 6.10 Å². The lowest BCUT2D eigenvalue weighted by Gasteiger charge is -2.04. The number of allylic oxidation sites excluding steroid dienone is 2. The zero-order chi connectivity index (χ0) is 6.69. The maximum atomic E-state index is 8.28. The SMILES string of the molecule is OB(O)OC1C=CC=C1. The highest BCUT2D eigenvalue weighted by Gasteiger charge is 2.14. The predicted molar refractivity (Wildman–Crippen MR) is 33.3 cm³/mol. The Morgan fingerprint density at radius 2 is 1.78 bits per heavy atom. The summed E-state index contributed by atoms with van der Waals surface area (Å²) in [5.74, 6) is 0. The third-order valence-electron chi connectivity index (χ3n) is 0.992. The first-order chi connectivity index (χ1) is 4.29. The second kappa shape index (κ2) is 2.82. The van der Waals surface area contributed by atoms with Gasteiger partial charge in [-0.25, -0.2) is 0 Å². The Balaban J connectivity index is 2.29. The van der Waals surface area contributed by atoms with Crippen LogP contribution in [0.2, 0.25) is 0 Å². The van der Waals surface area contributed by atoms with Crippen molar-refractivity contribution in [2.45, 2.75) is 6.10 Å². The van der Waals surface area contributed by atoms with Crippen molar-refractivity contribution in [3.63, 3.8) is 0 Å². The molecule has 0 aromatic carbocycles. The summed E-state index contributed by atoms with van der Waals surface area (Å²) in [4.78, 5) is 0. The van der Waals surface area contributed by atoms with Crippen LogP contribution in [0, 0.1) is 0 Å². The van der Waals surface area contributed by atoms with Crippen LogP contribution < -0.4 is 0 Å². The molecule has 3 nitrogen and oxygen atoms in total. The summed E-state index contributed by atoms with van der Waals surface area (Å²) in [5.41, 5.74) is 0. The van der Waals surface area contributed by atoms with Gasteiger partial charge in [-0.1, -0.05) is 24.3 Å². The van der Waals surface area contributed by atoms with Gasteiger partial charge in [0.15, 0.2) is 0 Å². The summed E-state index contributed by atoms with van der Waals surface area (Å²) in [6, 6.07) is 0. The summed E-state index contributed by atoms with van der Waals surface area (Å²) in [6.45, 7) is 0. The molecule has 0 heterocycles. The van der Waals surface area contributed by atoms with Crippen LogP contribution in [-0.2, 0) is 4.65 Å². The molecule has 0 amide bonds. The normalized spacial score (nSPS) is 17.1. The first-order valence-electron chi connectivity index (χ1n) is 2.65. The Labute approximate surface area is 53.4 Å². The van der Waals surface area contributed by atoms with Crippen molar-refractivity contribution < 1.29 is 14.7 Å². The van der Waals surface area contributed by atoms with Gasteiger partial charge in [-0.2, -0.15) is 0 Å². The van der Waals surface area contributed by atoms with Crippen LogP contribution in [0.5, 0.6) is 0 Å². The van der Waals surface area contributed by atoms with Crippen molar-refractivity contribution in [1.29, 1.82) is 0 Å². The first kappa shape index (κ1) is 6.54. The second-order valence-corrected chi connectivity index (χ2v) is 1.70. The maximum Gasteiger partial charge on any atom is 0.634 e. The molecule has 4 heteroatoms. The van der Waals surface area contributed by atoms with E-state index in [1.807, 2.05) is 0 Å². The summed E-state index contributed by atoms with van der Waals surface area (Å²) < 4.78 is 4.55. The van der Waals surface area contributed by atoms with E-state index in [-0.39, 0.29) is 6.10 Å². The minimum Gasteiger partial charge on any atom is -0.402 e. The van der Waals surface area contributed by atoms with Crippen molar-refractivity contribution in [2.75, 3.05) is 0 Å². The highest BCUT2D eigenvalue weighted by atomic mass is 16.6. The maximum absolute atomic E-state index is 8.28. The van der Waals surface area contributed by atoms with Crippen molar-refractivity contribution in [3.8, 4) is 0 Å². The molecule has 48 valence electrons. The average molecular weight is 126 g/mol. The first-order valence-corrected chi connectivity index (χ1v) is 2.65. The molecule has 0 aromatic rings. The third kappa shape index (κ3) is 2.01. The van der Waals surface area contributed by atoms with Gasteiger partial charge in [0.2, 0.25) is 0 Å². The standard InChI is InChI=1S/C5H7BO3/c7-6(8)9-5-3-1-2-4-5/h1-5,7-8H. The third-order valence-corrected chi connectivity index (χ3v) is 0.992. The van der Waals surface area contributed by atoms with Crippen molar-refractivity contribution in [2.24, 2.45) is 0 Å². The molecule has 0 atom stereocenters. The van der Waals surface area contributed by atoms with Gasteiger partial charge in [-0.05, 0) is 0 Å². The molecule has 0 aromatic heterocycles. The molecule has 0 fully saturated rings. The fourth-order valence-corrected chi connectivity index (χ4v) is 0.643. The van der Waals surface area contributed by atoms with E-state index < -0.39 is 7.32 Å². The summed E-state index contributed by atoms with van der Waals surface area (Å²) in [6.07, 6.45) is 6.74. The monoisotopic (exact) mass is 126 g/mol. The lowest BCUT2D eigenvalue weighted by atomic mass is 10.2. The van der Waals surface area contributed by atoms with E-state index in [4.69, 9.17) is 10.0 Å². The molecule has 0 saturated carbocycles. The lowest BCUT2D eigenvalue weighted by Crippen LogP contribution is -2.22. The molecule has 0 unspecified atom stereocenters. The number of hydrogen-bond donors (Lipinski definition) is 2. The van der Waals surface area contributed by atoms with E-state index in [9.17, 15) is 0 Å². The topological polar surface area (TPSA) is 49.7 Å². The van der Waals surface area contributed by atoms with Crippen molar-refractivity contribution in [3.05, 3.63) is 24.3 Å². The molecule has 9 heavy (non-hydrogen) atoms. The fourth-order valence-electron chi connectivity index (χ4n) is 0.643. The zero-order valence-corrected chi connectivity index (χ0v) is 4.77. The van der Waals surface area contributed by atoms with E-state index in [1.54, 1.807) is 24.3 Å². The van der Waals surface area contributed by atoms with E-state index in [0.717, 1.165) is 0 Å². The molecule has 0 bridgehead atoms. The molecule has 0 aliphatic heterocycles. The van der Waals surface area contributed by atoms with E-state index in [2.05, 4.69) is 4.65 Å². The lowest BCUT2D eigenvalue weighted by molar-refractivity contribution is 0.173. The van der Waals surface area contributed by atoms with Crippen LogP contribution in [0.15, 0.2) is 24.3 Å². The minimum atomic E-state index is -1.68. The van der Waals surface area contributed by atoms with Crippen LogP contribution in [0.3, 0.4) is 0 Å². The van der Waals surface area contributed by atoms with Gasteiger partial charge < -0.3 is 14.7 Å². The van der Waals surface area contributed by atoms with Gasteiger partial charge in [0, 0.05) is 0 Å². The fraction of sp³-hybridized carbons (Fsp3) is 0.200. The molecular weight excluding hydrogens is 119 g/mol. The smallest absolute Gasteiger partial charge is 0.402 e. The average Bonchev–Trinajstić information content (AvgIpc) is 2.15.